The molecule has 0 radical (unpaired) electrons. The molecule has 2 unspecified atom stereocenters. The van der Waals surface area contributed by atoms with Crippen LogP contribution in [0.3, 0.4) is 0 Å². The fourth-order valence-corrected chi connectivity index (χ4v) is 3.68. The Morgan fingerprint density at radius 2 is 1.94 bits per heavy atom. The van der Waals surface area contributed by atoms with Gasteiger partial charge in [-0.15, -0.1) is 0 Å². The van der Waals surface area contributed by atoms with E-state index in [-0.39, 0.29) is 0 Å². The first kappa shape index (κ1) is 12.0. The molecule has 0 heterocycles. The summed E-state index contributed by atoms with van der Waals surface area (Å²) in [5.74, 6) is 1.35. The highest BCUT2D eigenvalue weighted by atomic mass is 35.5. The predicted molar refractivity (Wildman–Crippen MR) is 71.0 cm³/mol. The Kier molecular flexibility index (Phi) is 3.30. The zero-order valence-corrected chi connectivity index (χ0v) is 11.2. The Bertz CT molecular complexity index is 367. The van der Waals surface area contributed by atoms with Gasteiger partial charge in [0.1, 0.15) is 0 Å². The maximum absolute atomic E-state index is 6.35. The molecule has 0 aliphatic heterocycles. The van der Waals surface area contributed by atoms with Crippen LogP contribution in [0.15, 0.2) is 24.3 Å². The molecular formula is C15H21Cl. The maximum Gasteiger partial charge on any atom is 0.0441 e. The molecule has 0 amide bonds. The van der Waals surface area contributed by atoms with E-state index in [1.165, 1.54) is 24.8 Å². The van der Waals surface area contributed by atoms with Gasteiger partial charge in [-0.2, -0.15) is 0 Å². The number of hydrogen-bond donors (Lipinski definition) is 0. The van der Waals surface area contributed by atoms with Crippen molar-refractivity contribution >= 4 is 11.6 Å². The molecule has 0 nitrogen and oxygen atoms in total. The lowest BCUT2D eigenvalue weighted by Crippen LogP contribution is -2.31. The van der Waals surface area contributed by atoms with Crippen molar-refractivity contribution < 1.29 is 0 Å². The van der Waals surface area contributed by atoms with Gasteiger partial charge >= 0.3 is 0 Å². The Balaban J connectivity index is 2.40. The topological polar surface area (TPSA) is 0 Å². The number of rotatable bonds is 1. The summed E-state index contributed by atoms with van der Waals surface area (Å²) in [6.45, 7) is 7.14. The van der Waals surface area contributed by atoms with Gasteiger partial charge in [0.2, 0.25) is 0 Å². The number of halogens is 1. The molecule has 16 heavy (non-hydrogen) atoms. The SMILES string of the molecule is CC1CCCC(C)(C)C1c1ccccc1Cl. The zero-order valence-electron chi connectivity index (χ0n) is 10.5. The molecule has 1 heteroatoms. The van der Waals surface area contributed by atoms with Crippen LogP contribution in [0.5, 0.6) is 0 Å². The van der Waals surface area contributed by atoms with Crippen molar-refractivity contribution in [2.24, 2.45) is 11.3 Å². The maximum atomic E-state index is 6.35. The molecule has 0 N–H and O–H groups in total. The third kappa shape index (κ3) is 2.13. The van der Waals surface area contributed by atoms with E-state index in [1.54, 1.807) is 0 Å². The monoisotopic (exact) mass is 236 g/mol. The first-order valence-electron chi connectivity index (χ1n) is 6.27. The van der Waals surface area contributed by atoms with E-state index < -0.39 is 0 Å². The highest BCUT2D eigenvalue weighted by molar-refractivity contribution is 6.31. The van der Waals surface area contributed by atoms with Gasteiger partial charge in [-0.3, -0.25) is 0 Å². The summed E-state index contributed by atoms with van der Waals surface area (Å²) in [6, 6.07) is 8.36. The average Bonchev–Trinajstić information content (AvgIpc) is 2.19. The van der Waals surface area contributed by atoms with Gasteiger partial charge in [-0.25, -0.2) is 0 Å². The largest absolute Gasteiger partial charge is 0.0840 e. The summed E-state index contributed by atoms with van der Waals surface area (Å²) < 4.78 is 0. The van der Waals surface area contributed by atoms with E-state index in [9.17, 15) is 0 Å². The Morgan fingerprint density at radius 3 is 2.56 bits per heavy atom. The molecule has 0 bridgehead atoms. The molecule has 1 fully saturated rings. The molecule has 1 saturated carbocycles. The molecule has 0 aromatic heterocycles. The van der Waals surface area contributed by atoms with Crippen LogP contribution in [-0.4, -0.2) is 0 Å². The molecule has 88 valence electrons. The Hall–Kier alpha value is -0.490. The van der Waals surface area contributed by atoms with Crippen molar-refractivity contribution in [2.75, 3.05) is 0 Å². The van der Waals surface area contributed by atoms with E-state index in [1.807, 2.05) is 12.1 Å². The van der Waals surface area contributed by atoms with Gasteiger partial charge in [0.25, 0.3) is 0 Å². The van der Waals surface area contributed by atoms with Gasteiger partial charge in [-0.1, -0.05) is 63.4 Å². The van der Waals surface area contributed by atoms with E-state index in [0.29, 0.717) is 11.3 Å². The average molecular weight is 237 g/mol. The standard InChI is InChI=1S/C15H21Cl/c1-11-7-6-10-15(2,3)14(11)12-8-4-5-9-13(12)16/h4-5,8-9,11,14H,6-7,10H2,1-3H3. The highest BCUT2D eigenvalue weighted by Crippen LogP contribution is 2.51. The molecule has 2 atom stereocenters. The van der Waals surface area contributed by atoms with E-state index in [0.717, 1.165) is 10.9 Å². The minimum atomic E-state index is 0.378. The van der Waals surface area contributed by atoms with Crippen LogP contribution in [-0.2, 0) is 0 Å². The molecule has 1 aliphatic carbocycles. The van der Waals surface area contributed by atoms with Crippen molar-refractivity contribution in [1.82, 2.24) is 0 Å². The third-order valence-corrected chi connectivity index (χ3v) is 4.48. The summed E-state index contributed by atoms with van der Waals surface area (Å²) >= 11 is 6.35. The summed E-state index contributed by atoms with van der Waals surface area (Å²) in [5, 5.41) is 0.939. The van der Waals surface area contributed by atoms with Crippen LogP contribution < -0.4 is 0 Å². The first-order valence-corrected chi connectivity index (χ1v) is 6.64. The zero-order chi connectivity index (χ0) is 11.8. The molecule has 1 aromatic carbocycles. The van der Waals surface area contributed by atoms with E-state index >= 15 is 0 Å². The number of hydrogen-bond acceptors (Lipinski definition) is 0. The van der Waals surface area contributed by atoms with Crippen molar-refractivity contribution in [3.8, 4) is 0 Å². The molecule has 0 saturated heterocycles. The van der Waals surface area contributed by atoms with Crippen LogP contribution in [0.1, 0.15) is 51.5 Å². The van der Waals surface area contributed by atoms with Crippen molar-refractivity contribution in [1.29, 1.82) is 0 Å². The normalized spacial score (nSPS) is 29.0. The first-order chi connectivity index (χ1) is 7.52. The number of benzene rings is 1. The molecule has 1 aromatic rings. The Labute approximate surface area is 104 Å². The lowest BCUT2D eigenvalue weighted by Gasteiger charge is -2.43. The van der Waals surface area contributed by atoms with Crippen LogP contribution in [0.2, 0.25) is 5.02 Å². The second kappa shape index (κ2) is 4.41. The van der Waals surface area contributed by atoms with Crippen LogP contribution in [0.4, 0.5) is 0 Å². The summed E-state index contributed by atoms with van der Waals surface area (Å²) in [6.07, 6.45) is 4.00. The fourth-order valence-electron chi connectivity index (χ4n) is 3.43. The highest BCUT2D eigenvalue weighted by Gasteiger charge is 2.38. The van der Waals surface area contributed by atoms with Gasteiger partial charge in [-0.05, 0) is 35.3 Å². The minimum Gasteiger partial charge on any atom is -0.0840 e. The quantitative estimate of drug-likeness (QED) is 0.623. The van der Waals surface area contributed by atoms with Crippen LogP contribution in [0.25, 0.3) is 0 Å². The van der Waals surface area contributed by atoms with Crippen LogP contribution in [0, 0.1) is 11.3 Å². The van der Waals surface area contributed by atoms with E-state index in [4.69, 9.17) is 11.6 Å². The Morgan fingerprint density at radius 1 is 1.25 bits per heavy atom. The van der Waals surface area contributed by atoms with Crippen molar-refractivity contribution in [3.05, 3.63) is 34.9 Å². The third-order valence-electron chi connectivity index (χ3n) is 4.13. The summed E-state index contributed by atoms with van der Waals surface area (Å²) in [4.78, 5) is 0. The van der Waals surface area contributed by atoms with Crippen molar-refractivity contribution in [3.63, 3.8) is 0 Å². The molecule has 1 aliphatic rings. The van der Waals surface area contributed by atoms with Gasteiger partial charge in [0.05, 0.1) is 0 Å². The molecular weight excluding hydrogens is 216 g/mol. The lowest BCUT2D eigenvalue weighted by molar-refractivity contribution is 0.146. The second-order valence-corrected chi connectivity index (χ2v) is 6.26. The summed E-state index contributed by atoms with van der Waals surface area (Å²) in [5.41, 5.74) is 1.73. The lowest BCUT2D eigenvalue weighted by atomic mass is 9.62. The van der Waals surface area contributed by atoms with E-state index in [2.05, 4.69) is 32.9 Å². The second-order valence-electron chi connectivity index (χ2n) is 5.86. The van der Waals surface area contributed by atoms with Gasteiger partial charge in [0, 0.05) is 5.02 Å². The molecule has 0 spiro atoms. The smallest absolute Gasteiger partial charge is 0.0441 e. The van der Waals surface area contributed by atoms with Gasteiger partial charge < -0.3 is 0 Å². The fraction of sp³-hybridized carbons (Fsp3) is 0.600. The van der Waals surface area contributed by atoms with Crippen LogP contribution >= 0.6 is 11.6 Å². The summed E-state index contributed by atoms with van der Waals surface area (Å²) in [7, 11) is 0. The van der Waals surface area contributed by atoms with Crippen molar-refractivity contribution in [2.45, 2.75) is 46.0 Å². The minimum absolute atomic E-state index is 0.378. The molecule has 2 rings (SSSR count). The predicted octanol–water partition coefficient (Wildman–Crippen LogP) is 5.27. The van der Waals surface area contributed by atoms with Gasteiger partial charge in [0.15, 0.2) is 0 Å².